The fourth-order valence-electron chi connectivity index (χ4n) is 2.68. The number of piperazine rings is 1. The molecule has 0 atom stereocenters. The summed E-state index contributed by atoms with van der Waals surface area (Å²) < 4.78 is 39.1. The van der Waals surface area contributed by atoms with E-state index >= 15 is 0 Å². The lowest BCUT2D eigenvalue weighted by Crippen LogP contribution is -2.48. The normalized spacial score (nSPS) is 16.1. The zero-order chi connectivity index (χ0) is 19.3. The zero-order valence-electron chi connectivity index (χ0n) is 14.5. The maximum atomic E-state index is 12.8. The minimum absolute atomic E-state index is 0.387. The van der Waals surface area contributed by atoms with Gasteiger partial charge >= 0.3 is 0 Å². The number of hydrogen-bond acceptors (Lipinski definition) is 6. The second-order valence-electron chi connectivity index (χ2n) is 5.99. The standard InChI is InChI=1S/C17H19ClFN5O2S/c18-14-4-5-17(22-11-14)23-6-8-24(9-7-23)27(25,26)10-2-1-3-16-20-12-15(19)13-21-16/h2,4-5,10-13H,1,3,6-9H2/b10-2-. The van der Waals surface area contributed by atoms with Gasteiger partial charge in [0.2, 0.25) is 10.0 Å². The molecule has 1 fully saturated rings. The maximum absolute atomic E-state index is 12.8. The number of aromatic nitrogens is 3. The van der Waals surface area contributed by atoms with Crippen molar-refractivity contribution in [3.8, 4) is 0 Å². The van der Waals surface area contributed by atoms with Gasteiger partial charge in [0.15, 0.2) is 5.82 Å². The van der Waals surface area contributed by atoms with Crippen molar-refractivity contribution >= 4 is 27.4 Å². The first-order valence-corrected chi connectivity index (χ1v) is 10.3. The second kappa shape index (κ2) is 8.73. The molecule has 0 radical (unpaired) electrons. The van der Waals surface area contributed by atoms with Gasteiger partial charge in [-0.25, -0.2) is 27.8 Å². The van der Waals surface area contributed by atoms with E-state index in [4.69, 9.17) is 11.6 Å². The molecule has 1 aliphatic heterocycles. The molecular weight excluding hydrogens is 393 g/mol. The molecule has 3 rings (SSSR count). The molecule has 3 heterocycles. The van der Waals surface area contributed by atoms with Crippen LogP contribution < -0.4 is 4.90 Å². The summed E-state index contributed by atoms with van der Waals surface area (Å²) in [7, 11) is -3.47. The zero-order valence-corrected chi connectivity index (χ0v) is 16.1. The highest BCUT2D eigenvalue weighted by molar-refractivity contribution is 7.92. The van der Waals surface area contributed by atoms with E-state index in [1.165, 1.54) is 9.71 Å². The highest BCUT2D eigenvalue weighted by Crippen LogP contribution is 2.17. The van der Waals surface area contributed by atoms with Crippen molar-refractivity contribution in [3.05, 3.63) is 58.9 Å². The fourth-order valence-corrected chi connectivity index (χ4v) is 4.02. The number of nitrogens with zero attached hydrogens (tertiary/aromatic N) is 5. The summed E-state index contributed by atoms with van der Waals surface area (Å²) in [6.07, 6.45) is 6.25. The van der Waals surface area contributed by atoms with Crippen LogP contribution in [0.3, 0.4) is 0 Å². The van der Waals surface area contributed by atoms with E-state index < -0.39 is 15.8 Å². The number of sulfonamides is 1. The monoisotopic (exact) mass is 411 g/mol. The van der Waals surface area contributed by atoms with E-state index in [1.54, 1.807) is 18.3 Å². The van der Waals surface area contributed by atoms with Crippen molar-refractivity contribution in [1.29, 1.82) is 0 Å². The lowest BCUT2D eigenvalue weighted by atomic mass is 10.3. The van der Waals surface area contributed by atoms with Crippen molar-refractivity contribution in [2.75, 3.05) is 31.1 Å². The quantitative estimate of drug-likeness (QED) is 0.725. The van der Waals surface area contributed by atoms with Crippen LogP contribution in [-0.2, 0) is 16.4 Å². The Bertz CT molecular complexity index is 883. The van der Waals surface area contributed by atoms with Gasteiger partial charge in [-0.3, -0.25) is 0 Å². The van der Waals surface area contributed by atoms with Crippen LogP contribution in [0, 0.1) is 5.82 Å². The Morgan fingerprint density at radius 1 is 1.07 bits per heavy atom. The Balaban J connectivity index is 1.50. The number of hydrogen-bond donors (Lipinski definition) is 0. The van der Waals surface area contributed by atoms with Crippen LogP contribution in [0.5, 0.6) is 0 Å². The number of halogens is 2. The van der Waals surface area contributed by atoms with Crippen LogP contribution in [0.4, 0.5) is 10.2 Å². The van der Waals surface area contributed by atoms with Gasteiger partial charge in [-0.2, -0.15) is 4.31 Å². The first kappa shape index (κ1) is 19.7. The summed E-state index contributed by atoms with van der Waals surface area (Å²) >= 11 is 5.84. The molecule has 2 aromatic rings. The molecule has 0 aromatic carbocycles. The lowest BCUT2D eigenvalue weighted by Gasteiger charge is -2.34. The molecular formula is C17H19ClFN5O2S. The van der Waals surface area contributed by atoms with Gasteiger partial charge in [-0.15, -0.1) is 0 Å². The summed E-state index contributed by atoms with van der Waals surface area (Å²) in [5, 5.41) is 1.78. The molecule has 10 heteroatoms. The third-order valence-electron chi connectivity index (χ3n) is 4.11. The smallest absolute Gasteiger partial charge is 0.236 e. The molecule has 0 spiro atoms. The van der Waals surface area contributed by atoms with Crippen molar-refractivity contribution in [1.82, 2.24) is 19.3 Å². The molecule has 7 nitrogen and oxygen atoms in total. The molecule has 0 saturated carbocycles. The van der Waals surface area contributed by atoms with Gasteiger partial charge in [-0.05, 0) is 18.6 Å². The summed E-state index contributed by atoms with van der Waals surface area (Å²) in [6.45, 7) is 1.90. The summed E-state index contributed by atoms with van der Waals surface area (Å²) in [5.41, 5.74) is 0. The first-order chi connectivity index (χ1) is 12.9. The van der Waals surface area contributed by atoms with E-state index in [-0.39, 0.29) is 0 Å². The van der Waals surface area contributed by atoms with E-state index in [0.717, 1.165) is 18.2 Å². The Hall–Kier alpha value is -2.10. The summed E-state index contributed by atoms with van der Waals surface area (Å²) in [5.74, 6) is 0.763. The van der Waals surface area contributed by atoms with Crippen molar-refractivity contribution in [3.63, 3.8) is 0 Å². The maximum Gasteiger partial charge on any atom is 0.236 e. The Kier molecular flexibility index (Phi) is 6.35. The van der Waals surface area contributed by atoms with E-state index in [0.29, 0.717) is 49.9 Å². The van der Waals surface area contributed by atoms with Gasteiger partial charge in [0.05, 0.1) is 17.4 Å². The predicted molar refractivity (Wildman–Crippen MR) is 101 cm³/mol. The molecule has 27 heavy (non-hydrogen) atoms. The average Bonchev–Trinajstić information content (AvgIpc) is 2.67. The number of aryl methyl sites for hydroxylation is 1. The molecule has 0 N–H and O–H groups in total. The van der Waals surface area contributed by atoms with Gasteiger partial charge in [0.1, 0.15) is 11.6 Å². The van der Waals surface area contributed by atoms with Gasteiger partial charge < -0.3 is 4.90 Å². The van der Waals surface area contributed by atoms with Crippen LogP contribution in [0.15, 0.2) is 42.2 Å². The fraction of sp³-hybridized carbons (Fsp3) is 0.353. The number of rotatable bonds is 6. The van der Waals surface area contributed by atoms with Crippen molar-refractivity contribution in [2.45, 2.75) is 12.8 Å². The predicted octanol–water partition coefficient (Wildman–Crippen LogP) is 2.26. The molecule has 2 aromatic heterocycles. The van der Waals surface area contributed by atoms with Gasteiger partial charge in [0, 0.05) is 44.2 Å². The van der Waals surface area contributed by atoms with Gasteiger partial charge in [-0.1, -0.05) is 17.7 Å². The van der Waals surface area contributed by atoms with E-state index in [1.807, 2.05) is 11.0 Å². The lowest BCUT2D eigenvalue weighted by molar-refractivity contribution is 0.388. The molecule has 144 valence electrons. The van der Waals surface area contributed by atoms with Crippen LogP contribution in [0.1, 0.15) is 12.2 Å². The minimum Gasteiger partial charge on any atom is -0.354 e. The number of allylic oxidation sites excluding steroid dienone is 1. The number of anilines is 1. The van der Waals surface area contributed by atoms with Crippen LogP contribution >= 0.6 is 11.6 Å². The molecule has 0 amide bonds. The topological polar surface area (TPSA) is 79.3 Å². The van der Waals surface area contributed by atoms with Crippen molar-refractivity contribution in [2.24, 2.45) is 0 Å². The molecule has 0 unspecified atom stereocenters. The molecule has 0 bridgehead atoms. The van der Waals surface area contributed by atoms with Crippen LogP contribution in [-0.4, -0.2) is 53.9 Å². The Labute approximate surface area is 162 Å². The van der Waals surface area contributed by atoms with Crippen molar-refractivity contribution < 1.29 is 12.8 Å². The highest BCUT2D eigenvalue weighted by Gasteiger charge is 2.25. The third-order valence-corrected chi connectivity index (χ3v) is 5.96. The van der Waals surface area contributed by atoms with Crippen LogP contribution in [0.2, 0.25) is 5.02 Å². The third kappa shape index (κ3) is 5.44. The van der Waals surface area contributed by atoms with Crippen LogP contribution in [0.25, 0.3) is 0 Å². The molecule has 1 saturated heterocycles. The average molecular weight is 412 g/mol. The minimum atomic E-state index is -3.47. The first-order valence-electron chi connectivity index (χ1n) is 8.44. The van der Waals surface area contributed by atoms with E-state index in [9.17, 15) is 12.8 Å². The SMILES string of the molecule is O=S(=O)(/C=C\CCc1ncc(F)cn1)N1CCN(c2ccc(Cl)cn2)CC1. The molecule has 0 aliphatic carbocycles. The largest absolute Gasteiger partial charge is 0.354 e. The van der Waals surface area contributed by atoms with Gasteiger partial charge in [0.25, 0.3) is 0 Å². The Morgan fingerprint density at radius 3 is 2.41 bits per heavy atom. The highest BCUT2D eigenvalue weighted by atomic mass is 35.5. The number of pyridine rings is 1. The summed E-state index contributed by atoms with van der Waals surface area (Å²) in [4.78, 5) is 14.0. The van der Waals surface area contributed by atoms with E-state index in [2.05, 4.69) is 15.0 Å². The Morgan fingerprint density at radius 2 is 1.78 bits per heavy atom. The molecule has 1 aliphatic rings. The second-order valence-corrected chi connectivity index (χ2v) is 8.25. The summed E-state index contributed by atoms with van der Waals surface area (Å²) in [6, 6.07) is 3.59.